The number of Topliss-reactive ketones (excluding diaryl/α,β-unsaturated/α-hetero) is 1. The number of esters is 1. The number of methoxy groups -OCH3 is 1. The van der Waals surface area contributed by atoms with Gasteiger partial charge in [0, 0.05) is 12.8 Å². The number of hydrogen-bond acceptors (Lipinski definition) is 3. The first-order valence-corrected chi connectivity index (χ1v) is 5.68. The molecule has 3 heteroatoms. The molecule has 0 aromatic rings. The molecule has 0 fully saturated rings. The summed E-state index contributed by atoms with van der Waals surface area (Å²) in [4.78, 5) is 22.1. The Labute approximate surface area is 96.2 Å². The maximum atomic E-state index is 11.3. The van der Waals surface area contributed by atoms with E-state index in [9.17, 15) is 9.59 Å². The summed E-state index contributed by atoms with van der Waals surface area (Å²) in [6, 6.07) is 0. The van der Waals surface area contributed by atoms with Crippen LogP contribution >= 0.6 is 0 Å². The zero-order valence-corrected chi connectivity index (χ0v) is 9.70. The molecule has 0 heterocycles. The third-order valence-corrected chi connectivity index (χ3v) is 2.60. The van der Waals surface area contributed by atoms with Gasteiger partial charge in [0.05, 0.1) is 7.11 Å². The van der Waals surface area contributed by atoms with Gasteiger partial charge in [0.25, 0.3) is 0 Å². The Morgan fingerprint density at radius 1 is 1.50 bits per heavy atom. The minimum atomic E-state index is -0.165. The number of rotatable bonds is 6. The minimum absolute atomic E-state index is 0.165. The van der Waals surface area contributed by atoms with Gasteiger partial charge in [0.15, 0.2) is 5.78 Å². The topological polar surface area (TPSA) is 43.4 Å². The van der Waals surface area contributed by atoms with Crippen molar-refractivity contribution < 1.29 is 14.3 Å². The Morgan fingerprint density at radius 3 is 2.94 bits per heavy atom. The van der Waals surface area contributed by atoms with Crippen molar-refractivity contribution in [1.29, 1.82) is 0 Å². The molecule has 1 aliphatic rings. The van der Waals surface area contributed by atoms with E-state index in [1.165, 1.54) is 7.11 Å². The highest BCUT2D eigenvalue weighted by molar-refractivity contribution is 5.97. The van der Waals surface area contributed by atoms with Gasteiger partial charge in [0.1, 0.15) is 0 Å². The second-order valence-electron chi connectivity index (χ2n) is 3.84. The van der Waals surface area contributed by atoms with Crippen molar-refractivity contribution in [2.24, 2.45) is 0 Å². The highest BCUT2D eigenvalue weighted by Crippen LogP contribution is 2.17. The molecule has 0 saturated heterocycles. The van der Waals surface area contributed by atoms with E-state index in [0.29, 0.717) is 12.8 Å². The monoisotopic (exact) mass is 222 g/mol. The van der Waals surface area contributed by atoms with E-state index < -0.39 is 0 Å². The molecule has 88 valence electrons. The van der Waals surface area contributed by atoms with Crippen molar-refractivity contribution in [2.45, 2.75) is 38.5 Å². The van der Waals surface area contributed by atoms with Gasteiger partial charge in [-0.2, -0.15) is 0 Å². The molecule has 0 radical (unpaired) electrons. The van der Waals surface area contributed by atoms with Gasteiger partial charge in [-0.1, -0.05) is 18.2 Å². The Bertz CT molecular complexity index is 313. The number of ether oxygens (including phenoxy) is 1. The standard InChI is InChI=1S/C13H18O3/c1-16-13(15)10-5-3-2-4-7-11-8-6-9-12(11)14/h2,4,8H,3,5-7,9-10H2,1H3/b4-2+. The fourth-order valence-corrected chi connectivity index (χ4v) is 1.64. The molecule has 0 atom stereocenters. The lowest BCUT2D eigenvalue weighted by Crippen LogP contribution is -1.98. The second kappa shape index (κ2) is 6.99. The lowest BCUT2D eigenvalue weighted by Gasteiger charge is -1.96. The van der Waals surface area contributed by atoms with Crippen molar-refractivity contribution in [3.8, 4) is 0 Å². The van der Waals surface area contributed by atoms with Crippen LogP contribution in [0.4, 0.5) is 0 Å². The van der Waals surface area contributed by atoms with Crippen molar-refractivity contribution in [2.75, 3.05) is 7.11 Å². The predicted molar refractivity (Wildman–Crippen MR) is 61.9 cm³/mol. The Balaban J connectivity index is 2.09. The summed E-state index contributed by atoms with van der Waals surface area (Å²) in [5.74, 6) is 0.112. The molecule has 0 aromatic carbocycles. The van der Waals surface area contributed by atoms with Crippen molar-refractivity contribution >= 4 is 11.8 Å². The number of allylic oxidation sites excluding steroid dienone is 4. The first-order valence-electron chi connectivity index (χ1n) is 5.68. The second-order valence-corrected chi connectivity index (χ2v) is 3.84. The van der Waals surface area contributed by atoms with E-state index in [-0.39, 0.29) is 11.8 Å². The summed E-state index contributed by atoms with van der Waals surface area (Å²) in [7, 11) is 1.40. The van der Waals surface area contributed by atoms with Gasteiger partial charge in [0.2, 0.25) is 0 Å². The molecule has 0 saturated carbocycles. The molecule has 0 aliphatic heterocycles. The lowest BCUT2D eigenvalue weighted by molar-refractivity contribution is -0.140. The molecule has 0 amide bonds. The quantitative estimate of drug-likeness (QED) is 0.394. The largest absolute Gasteiger partial charge is 0.469 e. The number of carbonyl (C=O) groups is 2. The zero-order valence-electron chi connectivity index (χ0n) is 9.70. The Morgan fingerprint density at radius 2 is 2.31 bits per heavy atom. The van der Waals surface area contributed by atoms with Crippen LogP contribution in [-0.4, -0.2) is 18.9 Å². The Kier molecular flexibility index (Phi) is 5.54. The van der Waals surface area contributed by atoms with Crippen LogP contribution in [0.3, 0.4) is 0 Å². The molecule has 0 spiro atoms. The lowest BCUT2D eigenvalue weighted by atomic mass is 10.1. The van der Waals surface area contributed by atoms with Crippen LogP contribution in [0.25, 0.3) is 0 Å². The molecule has 3 nitrogen and oxygen atoms in total. The van der Waals surface area contributed by atoms with Gasteiger partial charge in [-0.15, -0.1) is 0 Å². The highest BCUT2D eigenvalue weighted by Gasteiger charge is 2.12. The first-order chi connectivity index (χ1) is 7.74. The van der Waals surface area contributed by atoms with E-state index in [0.717, 1.165) is 31.3 Å². The SMILES string of the molecule is COC(=O)CCC/C=C/CC1=CCCC1=O. The maximum Gasteiger partial charge on any atom is 0.305 e. The van der Waals surface area contributed by atoms with Gasteiger partial charge < -0.3 is 4.74 Å². The van der Waals surface area contributed by atoms with Crippen LogP contribution in [0.2, 0.25) is 0 Å². The summed E-state index contributed by atoms with van der Waals surface area (Å²) in [5.41, 5.74) is 0.934. The average Bonchev–Trinajstić information content (AvgIpc) is 2.69. The van der Waals surface area contributed by atoms with Crippen molar-refractivity contribution in [3.63, 3.8) is 0 Å². The van der Waals surface area contributed by atoms with Crippen LogP contribution in [0.1, 0.15) is 38.5 Å². The highest BCUT2D eigenvalue weighted by atomic mass is 16.5. The molecule has 0 bridgehead atoms. The van der Waals surface area contributed by atoms with Crippen LogP contribution in [-0.2, 0) is 14.3 Å². The molecule has 16 heavy (non-hydrogen) atoms. The van der Waals surface area contributed by atoms with Gasteiger partial charge in [-0.3, -0.25) is 9.59 Å². The summed E-state index contributed by atoms with van der Waals surface area (Å²) in [6.45, 7) is 0. The molecular weight excluding hydrogens is 204 g/mol. The molecule has 1 aliphatic carbocycles. The fraction of sp³-hybridized carbons (Fsp3) is 0.538. The smallest absolute Gasteiger partial charge is 0.305 e. The van der Waals surface area contributed by atoms with E-state index in [1.807, 2.05) is 18.2 Å². The molecule has 0 unspecified atom stereocenters. The summed E-state index contributed by atoms with van der Waals surface area (Å²) in [5, 5.41) is 0. The number of unbranched alkanes of at least 4 members (excludes halogenated alkanes) is 1. The number of hydrogen-bond donors (Lipinski definition) is 0. The minimum Gasteiger partial charge on any atom is -0.469 e. The van der Waals surface area contributed by atoms with E-state index in [2.05, 4.69) is 4.74 Å². The van der Waals surface area contributed by atoms with Crippen molar-refractivity contribution in [1.82, 2.24) is 0 Å². The maximum absolute atomic E-state index is 11.3. The zero-order chi connectivity index (χ0) is 11.8. The summed E-state index contributed by atoms with van der Waals surface area (Å²) in [6.07, 6.45) is 10.5. The average molecular weight is 222 g/mol. The fourth-order valence-electron chi connectivity index (χ4n) is 1.64. The molecule has 0 N–H and O–H groups in total. The predicted octanol–water partition coefficient (Wildman–Crippen LogP) is 2.57. The molecule has 0 aromatic heterocycles. The molecule has 1 rings (SSSR count). The third-order valence-electron chi connectivity index (χ3n) is 2.60. The van der Waals surface area contributed by atoms with Crippen LogP contribution in [0.5, 0.6) is 0 Å². The van der Waals surface area contributed by atoms with Crippen LogP contribution < -0.4 is 0 Å². The van der Waals surface area contributed by atoms with Crippen molar-refractivity contribution in [3.05, 3.63) is 23.8 Å². The summed E-state index contributed by atoms with van der Waals surface area (Å²) < 4.78 is 4.54. The van der Waals surface area contributed by atoms with E-state index >= 15 is 0 Å². The van der Waals surface area contributed by atoms with Gasteiger partial charge in [-0.05, 0) is 31.3 Å². The Hall–Kier alpha value is -1.38. The summed E-state index contributed by atoms with van der Waals surface area (Å²) >= 11 is 0. The number of carbonyl (C=O) groups excluding carboxylic acids is 2. The molecular formula is C13H18O3. The number of ketones is 1. The first kappa shape index (κ1) is 12.7. The van der Waals surface area contributed by atoms with E-state index in [1.54, 1.807) is 0 Å². The normalized spacial score (nSPS) is 15.6. The van der Waals surface area contributed by atoms with Gasteiger partial charge in [-0.25, -0.2) is 0 Å². The van der Waals surface area contributed by atoms with Gasteiger partial charge >= 0.3 is 5.97 Å². The van der Waals surface area contributed by atoms with E-state index in [4.69, 9.17) is 0 Å². The third kappa shape index (κ3) is 4.43. The van der Waals surface area contributed by atoms with Crippen LogP contribution in [0.15, 0.2) is 23.8 Å². The van der Waals surface area contributed by atoms with Crippen LogP contribution in [0, 0.1) is 0 Å².